The number of hydrogen-bond donors (Lipinski definition) is 1. The van der Waals surface area contributed by atoms with Gasteiger partial charge in [0.05, 0.1) is 4.92 Å². The molecule has 0 unspecified atom stereocenters. The molecule has 8 heteroatoms. The molecule has 2 rings (SSSR count). The maximum absolute atomic E-state index is 12.3. The van der Waals surface area contributed by atoms with Crippen molar-refractivity contribution in [1.29, 1.82) is 0 Å². The second-order valence-corrected chi connectivity index (χ2v) is 5.00. The smallest absolute Gasteiger partial charge is 0.271 e. The molecule has 20 heavy (non-hydrogen) atoms. The first-order valence-electron chi connectivity index (χ1n) is 5.95. The standard InChI is InChI=1S/C12H14ClN3O3.ClH/c1-8-7-15(3-2-14-8)12(17)9-4-10(13)6-11(5-9)16(18)19;/h4-6,8,14H,2-3,7H2,1H3;1H/t8-;/m1./s1. The minimum Gasteiger partial charge on any atom is -0.336 e. The number of halogens is 2. The summed E-state index contributed by atoms with van der Waals surface area (Å²) >= 11 is 5.82. The van der Waals surface area contributed by atoms with Gasteiger partial charge in [-0.05, 0) is 13.0 Å². The van der Waals surface area contributed by atoms with E-state index in [9.17, 15) is 14.9 Å². The molecule has 1 atom stereocenters. The summed E-state index contributed by atoms with van der Waals surface area (Å²) in [6, 6.07) is 4.18. The van der Waals surface area contributed by atoms with Gasteiger partial charge in [-0.2, -0.15) is 0 Å². The lowest BCUT2D eigenvalue weighted by atomic mass is 10.1. The van der Waals surface area contributed by atoms with Gasteiger partial charge in [-0.25, -0.2) is 0 Å². The predicted octanol–water partition coefficient (Wildman–Crippen LogP) is 2.10. The number of nitro groups is 1. The molecule has 1 amide bonds. The summed E-state index contributed by atoms with van der Waals surface area (Å²) < 4.78 is 0. The van der Waals surface area contributed by atoms with Gasteiger partial charge in [0.2, 0.25) is 0 Å². The van der Waals surface area contributed by atoms with Crippen molar-refractivity contribution in [2.24, 2.45) is 0 Å². The number of amides is 1. The number of nitrogens with one attached hydrogen (secondary N) is 1. The molecule has 1 saturated heterocycles. The number of nitro benzene ring substituents is 1. The van der Waals surface area contributed by atoms with Gasteiger partial charge in [0.25, 0.3) is 11.6 Å². The van der Waals surface area contributed by atoms with Crippen LogP contribution in [0.2, 0.25) is 5.02 Å². The number of rotatable bonds is 2. The lowest BCUT2D eigenvalue weighted by molar-refractivity contribution is -0.384. The van der Waals surface area contributed by atoms with Crippen molar-refractivity contribution < 1.29 is 9.72 Å². The van der Waals surface area contributed by atoms with E-state index in [0.29, 0.717) is 13.1 Å². The van der Waals surface area contributed by atoms with Gasteiger partial charge < -0.3 is 10.2 Å². The number of carbonyl (C=O) groups excluding carboxylic acids is 1. The molecular weight excluding hydrogens is 305 g/mol. The molecule has 0 aromatic heterocycles. The highest BCUT2D eigenvalue weighted by Crippen LogP contribution is 2.22. The largest absolute Gasteiger partial charge is 0.336 e. The second-order valence-electron chi connectivity index (χ2n) is 4.56. The zero-order valence-electron chi connectivity index (χ0n) is 10.8. The Bertz CT molecular complexity index is 525. The fraction of sp³-hybridized carbons (Fsp3) is 0.417. The lowest BCUT2D eigenvalue weighted by Crippen LogP contribution is -2.51. The Kier molecular flexibility index (Phi) is 5.74. The molecule has 1 heterocycles. The Morgan fingerprint density at radius 2 is 2.20 bits per heavy atom. The van der Waals surface area contributed by atoms with E-state index < -0.39 is 4.92 Å². The van der Waals surface area contributed by atoms with E-state index in [0.717, 1.165) is 6.54 Å². The molecule has 1 aliphatic rings. The number of non-ortho nitro benzene ring substituents is 1. The van der Waals surface area contributed by atoms with Crippen LogP contribution in [0.4, 0.5) is 5.69 Å². The number of piperazine rings is 1. The van der Waals surface area contributed by atoms with Crippen molar-refractivity contribution in [3.8, 4) is 0 Å². The monoisotopic (exact) mass is 319 g/mol. The maximum atomic E-state index is 12.3. The van der Waals surface area contributed by atoms with E-state index in [1.54, 1.807) is 4.90 Å². The Hall–Kier alpha value is -1.37. The zero-order chi connectivity index (χ0) is 14.0. The van der Waals surface area contributed by atoms with Crippen molar-refractivity contribution in [3.05, 3.63) is 38.9 Å². The molecular formula is C12H15Cl2N3O3. The Morgan fingerprint density at radius 1 is 1.50 bits per heavy atom. The quantitative estimate of drug-likeness (QED) is 0.669. The topological polar surface area (TPSA) is 75.5 Å². The molecule has 1 aromatic carbocycles. The normalized spacial score (nSPS) is 18.3. The Morgan fingerprint density at radius 3 is 2.80 bits per heavy atom. The van der Waals surface area contributed by atoms with E-state index in [1.165, 1.54) is 18.2 Å². The molecule has 6 nitrogen and oxygen atoms in total. The Balaban J connectivity index is 0.00000200. The highest BCUT2D eigenvalue weighted by molar-refractivity contribution is 6.31. The summed E-state index contributed by atoms with van der Waals surface area (Å²) in [5.41, 5.74) is 0.0901. The highest BCUT2D eigenvalue weighted by Gasteiger charge is 2.23. The van der Waals surface area contributed by atoms with E-state index in [1.807, 2.05) is 6.92 Å². The third-order valence-electron chi connectivity index (χ3n) is 3.00. The molecule has 0 radical (unpaired) electrons. The summed E-state index contributed by atoms with van der Waals surface area (Å²) in [6.45, 7) is 3.87. The van der Waals surface area contributed by atoms with Crippen LogP contribution in [0.5, 0.6) is 0 Å². The van der Waals surface area contributed by atoms with Crippen LogP contribution in [0, 0.1) is 10.1 Å². The van der Waals surface area contributed by atoms with Crippen molar-refractivity contribution in [2.45, 2.75) is 13.0 Å². The summed E-state index contributed by atoms with van der Waals surface area (Å²) in [5, 5.41) is 14.2. The molecule has 0 spiro atoms. The van der Waals surface area contributed by atoms with Crippen molar-refractivity contribution >= 4 is 35.6 Å². The van der Waals surface area contributed by atoms with Crippen LogP contribution in [0.3, 0.4) is 0 Å². The van der Waals surface area contributed by atoms with E-state index in [-0.39, 0.29) is 40.6 Å². The summed E-state index contributed by atoms with van der Waals surface area (Å²) in [6.07, 6.45) is 0. The summed E-state index contributed by atoms with van der Waals surface area (Å²) in [5.74, 6) is -0.223. The first-order valence-corrected chi connectivity index (χ1v) is 6.33. The highest BCUT2D eigenvalue weighted by atomic mass is 35.5. The number of benzene rings is 1. The van der Waals surface area contributed by atoms with Crippen LogP contribution in [-0.4, -0.2) is 41.4 Å². The maximum Gasteiger partial charge on any atom is 0.271 e. The average Bonchev–Trinajstić information content (AvgIpc) is 2.37. The third-order valence-corrected chi connectivity index (χ3v) is 3.21. The molecule has 1 fully saturated rings. The molecule has 0 aliphatic carbocycles. The van der Waals surface area contributed by atoms with Crippen LogP contribution in [0.25, 0.3) is 0 Å². The fourth-order valence-electron chi connectivity index (χ4n) is 2.10. The molecule has 1 aromatic rings. The second kappa shape index (κ2) is 6.88. The minimum absolute atomic E-state index is 0. The first-order chi connectivity index (χ1) is 8.97. The first kappa shape index (κ1) is 16.7. The molecule has 1 N–H and O–H groups in total. The van der Waals surface area contributed by atoms with Gasteiger partial charge in [-0.3, -0.25) is 14.9 Å². The van der Waals surface area contributed by atoms with Crippen molar-refractivity contribution in [1.82, 2.24) is 10.2 Å². The number of carbonyl (C=O) groups is 1. The number of nitrogens with zero attached hydrogens (tertiary/aromatic N) is 2. The van der Waals surface area contributed by atoms with Gasteiger partial charge in [0, 0.05) is 48.4 Å². The molecule has 0 saturated carbocycles. The third kappa shape index (κ3) is 3.82. The molecule has 110 valence electrons. The summed E-state index contributed by atoms with van der Waals surface area (Å²) in [7, 11) is 0. The van der Waals surface area contributed by atoms with Crippen LogP contribution in [-0.2, 0) is 0 Å². The SMILES string of the molecule is C[C@@H]1CN(C(=O)c2cc(Cl)cc([N+](=O)[O-])c2)CCN1.Cl. The lowest BCUT2D eigenvalue weighted by Gasteiger charge is -2.31. The van der Waals surface area contributed by atoms with Gasteiger partial charge >= 0.3 is 0 Å². The van der Waals surface area contributed by atoms with Gasteiger partial charge in [-0.15, -0.1) is 12.4 Å². The average molecular weight is 320 g/mol. The zero-order valence-corrected chi connectivity index (χ0v) is 12.4. The number of hydrogen-bond acceptors (Lipinski definition) is 4. The van der Waals surface area contributed by atoms with Crippen LogP contribution < -0.4 is 5.32 Å². The van der Waals surface area contributed by atoms with Crippen LogP contribution in [0.1, 0.15) is 17.3 Å². The predicted molar refractivity (Wildman–Crippen MR) is 78.7 cm³/mol. The van der Waals surface area contributed by atoms with Crippen molar-refractivity contribution in [2.75, 3.05) is 19.6 Å². The minimum atomic E-state index is -0.553. The van der Waals surface area contributed by atoms with E-state index >= 15 is 0 Å². The fourth-order valence-corrected chi connectivity index (χ4v) is 2.33. The van der Waals surface area contributed by atoms with E-state index in [4.69, 9.17) is 11.6 Å². The van der Waals surface area contributed by atoms with E-state index in [2.05, 4.69) is 5.32 Å². The van der Waals surface area contributed by atoms with Gasteiger partial charge in [0.15, 0.2) is 0 Å². The molecule has 1 aliphatic heterocycles. The van der Waals surface area contributed by atoms with Crippen LogP contribution >= 0.6 is 24.0 Å². The van der Waals surface area contributed by atoms with Crippen molar-refractivity contribution in [3.63, 3.8) is 0 Å². The van der Waals surface area contributed by atoms with Gasteiger partial charge in [-0.1, -0.05) is 11.6 Å². The molecule has 0 bridgehead atoms. The summed E-state index contributed by atoms with van der Waals surface area (Å²) in [4.78, 5) is 24.2. The van der Waals surface area contributed by atoms with Gasteiger partial charge in [0.1, 0.15) is 0 Å². The Labute approximate surface area is 127 Å². The van der Waals surface area contributed by atoms with Crippen LogP contribution in [0.15, 0.2) is 18.2 Å².